The zero-order chi connectivity index (χ0) is 31.5. The fourth-order valence-electron chi connectivity index (χ4n) is 5.14. The molecule has 0 atom stereocenters. The van der Waals surface area contributed by atoms with Crippen LogP contribution in [0.4, 0.5) is 0 Å². The van der Waals surface area contributed by atoms with Gasteiger partial charge in [0.25, 0.3) is 5.91 Å². The van der Waals surface area contributed by atoms with Crippen molar-refractivity contribution in [3.63, 3.8) is 0 Å². The molecular formula is C38H45N3O2. The van der Waals surface area contributed by atoms with Crippen molar-refractivity contribution in [1.29, 1.82) is 0 Å². The van der Waals surface area contributed by atoms with Crippen molar-refractivity contribution in [2.24, 2.45) is 4.99 Å². The van der Waals surface area contributed by atoms with Gasteiger partial charge in [0.2, 0.25) is 0 Å². The van der Waals surface area contributed by atoms with Crippen LogP contribution >= 0.6 is 0 Å². The van der Waals surface area contributed by atoms with Crippen molar-refractivity contribution in [1.82, 2.24) is 10.3 Å². The summed E-state index contributed by atoms with van der Waals surface area (Å²) in [4.78, 5) is 33.8. The lowest BCUT2D eigenvalue weighted by Crippen LogP contribution is -2.25. The highest BCUT2D eigenvalue weighted by atomic mass is 16.1. The van der Waals surface area contributed by atoms with Gasteiger partial charge in [0.05, 0.1) is 11.3 Å². The number of benzene rings is 1. The van der Waals surface area contributed by atoms with Crippen LogP contribution in [0.1, 0.15) is 91.0 Å². The summed E-state index contributed by atoms with van der Waals surface area (Å²) in [6.07, 6.45) is 19.7. The summed E-state index contributed by atoms with van der Waals surface area (Å²) in [7, 11) is 0. The van der Waals surface area contributed by atoms with Gasteiger partial charge in [-0.15, -0.1) is 0 Å². The molecule has 0 aliphatic heterocycles. The van der Waals surface area contributed by atoms with Gasteiger partial charge in [0.15, 0.2) is 6.29 Å². The number of amides is 1. The SMILES string of the molecule is C=C1C=CC=C(C(C)=N/C(=C\C)c2ccc(C)c(/C(C=O)=C/c3[nH]c(C)c(C(=O)NCCC=C(CC)CC)c3C)c2)C=C1. The minimum Gasteiger partial charge on any atom is -0.358 e. The van der Waals surface area contributed by atoms with Gasteiger partial charge in [-0.1, -0.05) is 80.7 Å². The predicted octanol–water partition coefficient (Wildman–Crippen LogP) is 8.98. The summed E-state index contributed by atoms with van der Waals surface area (Å²) < 4.78 is 0. The minimum atomic E-state index is -0.107. The Labute approximate surface area is 257 Å². The highest BCUT2D eigenvalue weighted by Gasteiger charge is 2.18. The lowest BCUT2D eigenvalue weighted by Gasteiger charge is -2.11. The third-order valence-electron chi connectivity index (χ3n) is 7.79. The number of aryl methyl sites for hydroxylation is 2. The summed E-state index contributed by atoms with van der Waals surface area (Å²) in [6.45, 7) is 18.6. The molecule has 0 fully saturated rings. The van der Waals surface area contributed by atoms with Gasteiger partial charge in [-0.25, -0.2) is 0 Å². The van der Waals surface area contributed by atoms with Crippen LogP contribution in [-0.2, 0) is 4.79 Å². The summed E-state index contributed by atoms with van der Waals surface area (Å²) in [5.41, 5.74) is 11.2. The van der Waals surface area contributed by atoms with E-state index >= 15 is 0 Å². The van der Waals surface area contributed by atoms with Gasteiger partial charge in [0.1, 0.15) is 0 Å². The van der Waals surface area contributed by atoms with E-state index in [0.29, 0.717) is 17.7 Å². The number of allylic oxidation sites excluding steroid dienone is 10. The Morgan fingerprint density at radius 3 is 2.51 bits per heavy atom. The van der Waals surface area contributed by atoms with Crippen LogP contribution in [0, 0.1) is 20.8 Å². The Hall–Kier alpha value is -4.51. The van der Waals surface area contributed by atoms with Crippen molar-refractivity contribution in [3.8, 4) is 0 Å². The first-order valence-corrected chi connectivity index (χ1v) is 15.0. The predicted molar refractivity (Wildman–Crippen MR) is 183 cm³/mol. The fraction of sp³-hybridized carbons (Fsp3) is 0.289. The molecular weight excluding hydrogens is 530 g/mol. The highest BCUT2D eigenvalue weighted by Crippen LogP contribution is 2.28. The molecule has 1 aromatic carbocycles. The van der Waals surface area contributed by atoms with Crippen LogP contribution in [0.3, 0.4) is 0 Å². The fourth-order valence-corrected chi connectivity index (χ4v) is 5.14. The number of rotatable bonds is 12. The number of H-pyrrole nitrogens is 1. The number of hydrogen-bond donors (Lipinski definition) is 2. The smallest absolute Gasteiger partial charge is 0.253 e. The van der Waals surface area contributed by atoms with E-state index in [-0.39, 0.29) is 5.91 Å². The van der Waals surface area contributed by atoms with E-state index in [1.807, 2.05) is 95.3 Å². The molecule has 0 unspecified atom stereocenters. The zero-order valence-electron chi connectivity index (χ0n) is 26.7. The number of aliphatic imine (C=N–C) groups is 1. The molecule has 0 spiro atoms. The van der Waals surface area contributed by atoms with Crippen molar-refractivity contribution < 1.29 is 9.59 Å². The number of hydrogen-bond acceptors (Lipinski definition) is 3. The van der Waals surface area contributed by atoms with Crippen molar-refractivity contribution >= 4 is 35.3 Å². The third-order valence-corrected chi connectivity index (χ3v) is 7.79. The van der Waals surface area contributed by atoms with Gasteiger partial charge >= 0.3 is 0 Å². The lowest BCUT2D eigenvalue weighted by molar-refractivity contribution is -0.103. The molecule has 5 nitrogen and oxygen atoms in total. The molecule has 0 saturated heterocycles. The quantitative estimate of drug-likeness (QED) is 0.0871. The van der Waals surface area contributed by atoms with E-state index in [4.69, 9.17) is 4.99 Å². The molecule has 0 bridgehead atoms. The van der Waals surface area contributed by atoms with Crippen LogP contribution < -0.4 is 5.32 Å². The molecule has 0 saturated carbocycles. The van der Waals surface area contributed by atoms with Crippen LogP contribution in [0.5, 0.6) is 0 Å². The zero-order valence-corrected chi connectivity index (χ0v) is 26.7. The maximum atomic E-state index is 13.1. The maximum absolute atomic E-state index is 13.1. The number of carbonyl (C=O) groups is 2. The van der Waals surface area contributed by atoms with Crippen LogP contribution in [-0.4, -0.2) is 29.4 Å². The average Bonchev–Trinajstić information content (AvgIpc) is 3.12. The van der Waals surface area contributed by atoms with Gasteiger partial charge in [-0.05, 0) is 93.9 Å². The van der Waals surface area contributed by atoms with E-state index in [1.165, 1.54) is 5.57 Å². The molecule has 3 rings (SSSR count). The molecule has 2 N–H and O–H groups in total. The molecule has 224 valence electrons. The number of aromatic nitrogens is 1. The molecule has 2 aromatic rings. The Balaban J connectivity index is 1.90. The largest absolute Gasteiger partial charge is 0.358 e. The molecule has 1 aliphatic carbocycles. The van der Waals surface area contributed by atoms with Crippen molar-refractivity contribution in [2.45, 2.75) is 67.7 Å². The molecule has 0 radical (unpaired) electrons. The Morgan fingerprint density at radius 1 is 1.09 bits per heavy atom. The second-order valence-electron chi connectivity index (χ2n) is 10.8. The highest BCUT2D eigenvalue weighted by molar-refractivity contribution is 6.14. The maximum Gasteiger partial charge on any atom is 0.253 e. The second-order valence-corrected chi connectivity index (χ2v) is 10.8. The number of carbonyl (C=O) groups excluding carboxylic acids is 2. The number of aromatic amines is 1. The Bertz CT molecular complexity index is 1590. The average molecular weight is 576 g/mol. The van der Waals surface area contributed by atoms with E-state index in [1.54, 1.807) is 0 Å². The Morgan fingerprint density at radius 2 is 1.84 bits per heavy atom. The van der Waals surface area contributed by atoms with E-state index in [0.717, 1.165) is 81.7 Å². The molecule has 1 amide bonds. The molecule has 1 aromatic heterocycles. The monoisotopic (exact) mass is 575 g/mol. The van der Waals surface area contributed by atoms with Gasteiger partial charge < -0.3 is 10.3 Å². The van der Waals surface area contributed by atoms with E-state index in [9.17, 15) is 9.59 Å². The molecule has 1 aliphatic rings. The number of nitrogens with one attached hydrogen (secondary N) is 2. The topological polar surface area (TPSA) is 74.3 Å². The van der Waals surface area contributed by atoms with Gasteiger partial charge in [0, 0.05) is 34.8 Å². The first-order valence-electron chi connectivity index (χ1n) is 15.0. The van der Waals surface area contributed by atoms with Crippen molar-refractivity contribution in [3.05, 3.63) is 123 Å². The van der Waals surface area contributed by atoms with Crippen LogP contribution in [0.2, 0.25) is 0 Å². The van der Waals surface area contributed by atoms with Crippen LogP contribution in [0.25, 0.3) is 17.3 Å². The number of aldehydes is 1. The Kier molecular flexibility index (Phi) is 12.0. The minimum absolute atomic E-state index is 0.107. The molecule has 1 heterocycles. The molecule has 43 heavy (non-hydrogen) atoms. The molecule has 5 heteroatoms. The summed E-state index contributed by atoms with van der Waals surface area (Å²) in [6, 6.07) is 6.04. The summed E-state index contributed by atoms with van der Waals surface area (Å²) in [5.74, 6) is -0.107. The second kappa shape index (κ2) is 15.6. The first-order chi connectivity index (χ1) is 20.6. The summed E-state index contributed by atoms with van der Waals surface area (Å²) in [5, 5.41) is 3.05. The van der Waals surface area contributed by atoms with Gasteiger partial charge in [-0.2, -0.15) is 0 Å². The van der Waals surface area contributed by atoms with Gasteiger partial charge in [-0.3, -0.25) is 14.6 Å². The third kappa shape index (κ3) is 8.51. The lowest BCUT2D eigenvalue weighted by atomic mass is 9.96. The standard InChI is InChI=1S/C38H45N3O2/c1-9-30(10-2)15-13-21-39-38(43)37-27(6)36(41-29(37)8)23-33(24-42)34-22-32(20-18-26(34)5)35(11-3)40-28(7)31-16-12-14-25(4)17-19-31/h11-12,14-20,22-24,41H,4,9-10,13,21H2,1-3,5-8H3,(H,39,43)/b33-23+,35-11-,40-28?. The van der Waals surface area contributed by atoms with Crippen LogP contribution in [0.15, 0.2) is 89.0 Å². The summed E-state index contributed by atoms with van der Waals surface area (Å²) >= 11 is 0. The number of nitrogens with zero attached hydrogens (tertiary/aromatic N) is 1. The first kappa shape index (κ1) is 33.0. The normalized spacial score (nSPS) is 14.0. The van der Waals surface area contributed by atoms with Crippen molar-refractivity contribution in [2.75, 3.05) is 6.54 Å². The van der Waals surface area contributed by atoms with E-state index < -0.39 is 0 Å². The van der Waals surface area contributed by atoms with E-state index in [2.05, 4.69) is 36.8 Å².